The lowest BCUT2D eigenvalue weighted by molar-refractivity contribution is -0.121. The molecule has 11 heavy (non-hydrogen) atoms. The molecule has 0 aliphatic rings. The van der Waals surface area contributed by atoms with Crippen molar-refractivity contribution in [1.29, 1.82) is 0 Å². The lowest BCUT2D eigenvalue weighted by atomic mass is 10.1. The highest BCUT2D eigenvalue weighted by atomic mass is 127. The van der Waals surface area contributed by atoms with E-state index in [2.05, 4.69) is 33.4 Å². The Morgan fingerprint density at radius 3 is 2.18 bits per heavy atom. The zero-order valence-electron chi connectivity index (χ0n) is 7.36. The molecule has 4 heteroatoms. The van der Waals surface area contributed by atoms with E-state index in [1.807, 2.05) is 27.7 Å². The van der Waals surface area contributed by atoms with Gasteiger partial charge in [-0.05, 0) is 27.7 Å². The van der Waals surface area contributed by atoms with E-state index in [-0.39, 0.29) is 15.4 Å². The normalized spacial score (nSPS) is 14.3. The first-order chi connectivity index (χ1) is 4.83. The van der Waals surface area contributed by atoms with Gasteiger partial charge in [0.05, 0.1) is 3.92 Å². The lowest BCUT2D eigenvalue weighted by Crippen LogP contribution is -2.50. The molecule has 0 aromatic rings. The second-order valence-corrected chi connectivity index (χ2v) is 5.35. The average Bonchev–Trinajstić information content (AvgIpc) is 1.80. The molecule has 0 aromatic carbocycles. The fraction of sp³-hybridized carbons (Fsp3) is 0.857. The molecule has 2 N–H and O–H groups in total. The summed E-state index contributed by atoms with van der Waals surface area (Å²) in [4.78, 5) is 11.0. The third-order valence-electron chi connectivity index (χ3n) is 0.922. The largest absolute Gasteiger partial charge is 0.290 e. The fourth-order valence-electron chi connectivity index (χ4n) is 0.349. The van der Waals surface area contributed by atoms with Gasteiger partial charge in [-0.2, -0.15) is 0 Å². The third kappa shape index (κ3) is 6.55. The van der Waals surface area contributed by atoms with Crippen LogP contribution in [0.25, 0.3) is 0 Å². The summed E-state index contributed by atoms with van der Waals surface area (Å²) in [5.74, 6) is 0.0144. The fourth-order valence-corrected chi connectivity index (χ4v) is 0.504. The van der Waals surface area contributed by atoms with Gasteiger partial charge < -0.3 is 0 Å². The van der Waals surface area contributed by atoms with Crippen molar-refractivity contribution in [1.82, 2.24) is 10.9 Å². The van der Waals surface area contributed by atoms with Crippen LogP contribution in [-0.2, 0) is 4.79 Å². The van der Waals surface area contributed by atoms with E-state index in [1.165, 1.54) is 0 Å². The molecular formula is C7H15IN2O. The number of amides is 1. The maximum absolute atomic E-state index is 11.0. The van der Waals surface area contributed by atoms with Gasteiger partial charge in [0.15, 0.2) is 0 Å². The number of alkyl halides is 1. The van der Waals surface area contributed by atoms with Gasteiger partial charge in [-0.25, -0.2) is 5.43 Å². The quantitative estimate of drug-likeness (QED) is 0.450. The number of nitrogens with one attached hydrogen (secondary N) is 2. The minimum atomic E-state index is -0.0683. The number of rotatable bonds is 2. The molecular weight excluding hydrogens is 255 g/mol. The van der Waals surface area contributed by atoms with Gasteiger partial charge in [0.1, 0.15) is 0 Å². The van der Waals surface area contributed by atoms with E-state index in [4.69, 9.17) is 0 Å². The number of hydrazine groups is 1. The maximum Gasteiger partial charge on any atom is 0.246 e. The second-order valence-electron chi connectivity index (χ2n) is 3.48. The SMILES string of the molecule is CC(I)C(=O)NNC(C)(C)C. The number of halogens is 1. The monoisotopic (exact) mass is 270 g/mol. The van der Waals surface area contributed by atoms with Gasteiger partial charge in [0, 0.05) is 5.54 Å². The number of carbonyl (C=O) groups excluding carboxylic acids is 1. The Balaban J connectivity index is 3.64. The predicted molar refractivity (Wildman–Crippen MR) is 54.5 cm³/mol. The molecule has 0 bridgehead atoms. The van der Waals surface area contributed by atoms with Crippen LogP contribution in [0, 0.1) is 0 Å². The van der Waals surface area contributed by atoms with E-state index in [0.717, 1.165) is 0 Å². The van der Waals surface area contributed by atoms with Crippen LogP contribution in [0.4, 0.5) is 0 Å². The summed E-state index contributed by atoms with van der Waals surface area (Å²) in [7, 11) is 0. The summed E-state index contributed by atoms with van der Waals surface area (Å²) in [5.41, 5.74) is 5.46. The Labute approximate surface area is 81.4 Å². The van der Waals surface area contributed by atoms with Crippen molar-refractivity contribution in [2.45, 2.75) is 37.2 Å². The van der Waals surface area contributed by atoms with E-state index in [1.54, 1.807) is 0 Å². The number of hydrogen-bond acceptors (Lipinski definition) is 2. The Morgan fingerprint density at radius 2 is 1.91 bits per heavy atom. The number of carbonyl (C=O) groups is 1. The third-order valence-corrected chi connectivity index (χ3v) is 1.49. The molecule has 1 atom stereocenters. The summed E-state index contributed by atoms with van der Waals surface area (Å²) in [6.45, 7) is 7.82. The Bertz CT molecular complexity index is 140. The molecule has 0 saturated carbocycles. The first kappa shape index (κ1) is 11.2. The highest BCUT2D eigenvalue weighted by Gasteiger charge is 2.12. The van der Waals surface area contributed by atoms with Crippen LogP contribution in [0.15, 0.2) is 0 Å². The number of hydrogen-bond donors (Lipinski definition) is 2. The molecule has 0 saturated heterocycles. The van der Waals surface area contributed by atoms with Crippen LogP contribution in [0.5, 0.6) is 0 Å². The van der Waals surface area contributed by atoms with Crippen molar-refractivity contribution >= 4 is 28.5 Å². The van der Waals surface area contributed by atoms with Gasteiger partial charge in [-0.15, -0.1) is 0 Å². The Kier molecular flexibility index (Phi) is 4.31. The minimum absolute atomic E-state index is 0.00227. The highest BCUT2D eigenvalue weighted by Crippen LogP contribution is 1.99. The van der Waals surface area contributed by atoms with Gasteiger partial charge in [0.25, 0.3) is 0 Å². The zero-order chi connectivity index (χ0) is 9.07. The molecule has 3 nitrogen and oxygen atoms in total. The first-order valence-electron chi connectivity index (χ1n) is 3.54. The topological polar surface area (TPSA) is 41.1 Å². The summed E-state index contributed by atoms with van der Waals surface area (Å²) in [5, 5.41) is 0. The van der Waals surface area contributed by atoms with Crippen molar-refractivity contribution in [2.24, 2.45) is 0 Å². The van der Waals surface area contributed by atoms with Crippen LogP contribution in [-0.4, -0.2) is 15.4 Å². The molecule has 0 fully saturated rings. The summed E-state index contributed by atoms with van der Waals surface area (Å²) in [6, 6.07) is 0. The standard InChI is InChI=1S/C7H15IN2O/c1-5(8)6(11)9-10-7(2,3)4/h5,10H,1-4H3,(H,9,11). The van der Waals surface area contributed by atoms with E-state index in [9.17, 15) is 4.79 Å². The van der Waals surface area contributed by atoms with Gasteiger partial charge in [-0.1, -0.05) is 22.6 Å². The molecule has 1 unspecified atom stereocenters. The van der Waals surface area contributed by atoms with Crippen molar-refractivity contribution in [3.05, 3.63) is 0 Å². The molecule has 0 heterocycles. The van der Waals surface area contributed by atoms with Crippen LogP contribution in [0.1, 0.15) is 27.7 Å². The summed E-state index contributed by atoms with van der Waals surface area (Å²) >= 11 is 2.07. The van der Waals surface area contributed by atoms with E-state index >= 15 is 0 Å². The van der Waals surface area contributed by atoms with Crippen molar-refractivity contribution in [2.75, 3.05) is 0 Å². The zero-order valence-corrected chi connectivity index (χ0v) is 9.52. The van der Waals surface area contributed by atoms with Crippen molar-refractivity contribution in [3.63, 3.8) is 0 Å². The van der Waals surface area contributed by atoms with Crippen LogP contribution < -0.4 is 10.9 Å². The molecule has 66 valence electrons. The Hall–Kier alpha value is 0.160. The average molecular weight is 270 g/mol. The highest BCUT2D eigenvalue weighted by molar-refractivity contribution is 14.1. The van der Waals surface area contributed by atoms with E-state index < -0.39 is 0 Å². The van der Waals surface area contributed by atoms with E-state index in [0.29, 0.717) is 0 Å². The van der Waals surface area contributed by atoms with Gasteiger partial charge in [0.2, 0.25) is 5.91 Å². The maximum atomic E-state index is 11.0. The Morgan fingerprint density at radius 1 is 1.45 bits per heavy atom. The van der Waals surface area contributed by atoms with Crippen LogP contribution in [0.2, 0.25) is 0 Å². The molecule has 0 radical (unpaired) electrons. The van der Waals surface area contributed by atoms with Crippen molar-refractivity contribution < 1.29 is 4.79 Å². The smallest absolute Gasteiger partial charge is 0.246 e. The molecule has 0 aliphatic carbocycles. The summed E-state index contributed by atoms with van der Waals surface area (Å²) < 4.78 is 0.00227. The van der Waals surface area contributed by atoms with Crippen molar-refractivity contribution in [3.8, 4) is 0 Å². The molecule has 0 aliphatic heterocycles. The lowest BCUT2D eigenvalue weighted by Gasteiger charge is -2.21. The molecule has 1 amide bonds. The molecule has 0 spiro atoms. The molecule has 0 rings (SSSR count). The predicted octanol–water partition coefficient (Wildman–Crippen LogP) is 1.23. The second kappa shape index (κ2) is 4.25. The molecule has 0 aromatic heterocycles. The summed E-state index contributed by atoms with van der Waals surface area (Å²) in [6.07, 6.45) is 0. The minimum Gasteiger partial charge on any atom is -0.290 e. The first-order valence-corrected chi connectivity index (χ1v) is 4.78. The van der Waals surface area contributed by atoms with Crippen LogP contribution in [0.3, 0.4) is 0 Å². The van der Waals surface area contributed by atoms with Crippen LogP contribution >= 0.6 is 22.6 Å². The van der Waals surface area contributed by atoms with Gasteiger partial charge in [-0.3, -0.25) is 10.2 Å². The van der Waals surface area contributed by atoms with Gasteiger partial charge >= 0.3 is 0 Å².